The van der Waals surface area contributed by atoms with E-state index in [-0.39, 0.29) is 11.8 Å². The predicted molar refractivity (Wildman–Crippen MR) is 84.8 cm³/mol. The molecule has 0 aliphatic carbocycles. The molecule has 0 saturated carbocycles. The van der Waals surface area contributed by atoms with E-state index in [1.165, 1.54) is 6.20 Å². The molecule has 21 heavy (non-hydrogen) atoms. The van der Waals surface area contributed by atoms with Crippen LogP contribution in [0.1, 0.15) is 31.2 Å². The molecule has 1 atom stereocenters. The van der Waals surface area contributed by atoms with Crippen molar-refractivity contribution in [1.29, 1.82) is 0 Å². The van der Waals surface area contributed by atoms with Gasteiger partial charge in [-0.2, -0.15) is 0 Å². The molecule has 0 spiro atoms. The fraction of sp³-hybridized carbons (Fsp3) is 0.267. The highest BCUT2D eigenvalue weighted by molar-refractivity contribution is 6.30. The van der Waals surface area contributed by atoms with Gasteiger partial charge >= 0.3 is 0 Å². The van der Waals surface area contributed by atoms with Gasteiger partial charge in [0, 0.05) is 12.4 Å². The first-order chi connectivity index (χ1) is 10.1. The van der Waals surface area contributed by atoms with Crippen LogP contribution < -0.4 is 5.32 Å². The van der Waals surface area contributed by atoms with Crippen LogP contribution in [0.4, 0.5) is 5.82 Å². The van der Waals surface area contributed by atoms with E-state index in [4.69, 9.17) is 23.2 Å². The highest BCUT2D eigenvalue weighted by atomic mass is 35.5. The SMILES string of the molecule is CCCC(C(=O)Nc1ccc(Cl)cn1)c1ccc(Cl)nc1. The quantitative estimate of drug-likeness (QED) is 0.834. The number of halogens is 2. The molecule has 0 radical (unpaired) electrons. The van der Waals surface area contributed by atoms with Gasteiger partial charge in [-0.15, -0.1) is 0 Å². The third-order valence-corrected chi connectivity index (χ3v) is 3.47. The van der Waals surface area contributed by atoms with Crippen molar-refractivity contribution in [1.82, 2.24) is 9.97 Å². The van der Waals surface area contributed by atoms with Gasteiger partial charge < -0.3 is 5.32 Å². The van der Waals surface area contributed by atoms with Crippen molar-refractivity contribution in [3.05, 3.63) is 52.4 Å². The maximum absolute atomic E-state index is 12.4. The van der Waals surface area contributed by atoms with Gasteiger partial charge in [0.25, 0.3) is 0 Å². The van der Waals surface area contributed by atoms with E-state index in [0.29, 0.717) is 16.0 Å². The number of rotatable bonds is 5. The van der Waals surface area contributed by atoms with E-state index in [1.54, 1.807) is 24.4 Å². The predicted octanol–water partition coefficient (Wildman–Crippen LogP) is 4.31. The number of hydrogen-bond donors (Lipinski definition) is 1. The summed E-state index contributed by atoms with van der Waals surface area (Å²) in [6.45, 7) is 2.03. The zero-order chi connectivity index (χ0) is 15.2. The lowest BCUT2D eigenvalue weighted by molar-refractivity contribution is -0.117. The Kier molecular flexibility index (Phi) is 5.53. The van der Waals surface area contributed by atoms with E-state index in [1.807, 2.05) is 13.0 Å². The molecule has 2 aromatic heterocycles. The van der Waals surface area contributed by atoms with Gasteiger partial charge in [0.2, 0.25) is 5.91 Å². The maximum Gasteiger partial charge on any atom is 0.233 e. The summed E-state index contributed by atoms with van der Waals surface area (Å²) in [7, 11) is 0. The Hall–Kier alpha value is -1.65. The smallest absolute Gasteiger partial charge is 0.233 e. The summed E-state index contributed by atoms with van der Waals surface area (Å²) in [6, 6.07) is 6.87. The molecule has 1 amide bonds. The highest BCUT2D eigenvalue weighted by Gasteiger charge is 2.20. The monoisotopic (exact) mass is 323 g/mol. The van der Waals surface area contributed by atoms with Crippen molar-refractivity contribution in [2.24, 2.45) is 0 Å². The maximum atomic E-state index is 12.4. The Morgan fingerprint density at radius 3 is 2.57 bits per heavy atom. The minimum absolute atomic E-state index is 0.115. The zero-order valence-electron chi connectivity index (χ0n) is 11.5. The van der Waals surface area contributed by atoms with E-state index in [2.05, 4.69) is 15.3 Å². The third kappa shape index (κ3) is 4.41. The van der Waals surface area contributed by atoms with Crippen LogP contribution in [0.25, 0.3) is 0 Å². The first-order valence-electron chi connectivity index (χ1n) is 6.64. The number of carbonyl (C=O) groups excluding carboxylic acids is 1. The zero-order valence-corrected chi connectivity index (χ0v) is 13.0. The molecule has 1 N–H and O–H groups in total. The first-order valence-corrected chi connectivity index (χ1v) is 7.39. The molecule has 0 aliphatic rings. The summed E-state index contributed by atoms with van der Waals surface area (Å²) in [6.07, 6.45) is 4.74. The number of amides is 1. The van der Waals surface area contributed by atoms with Crippen molar-refractivity contribution in [2.45, 2.75) is 25.7 Å². The average Bonchev–Trinajstić information content (AvgIpc) is 2.48. The highest BCUT2D eigenvalue weighted by Crippen LogP contribution is 2.23. The van der Waals surface area contributed by atoms with E-state index in [0.717, 1.165) is 18.4 Å². The number of aromatic nitrogens is 2. The van der Waals surface area contributed by atoms with Crippen LogP contribution in [0.5, 0.6) is 0 Å². The van der Waals surface area contributed by atoms with Gasteiger partial charge in [-0.3, -0.25) is 4.79 Å². The largest absolute Gasteiger partial charge is 0.310 e. The Morgan fingerprint density at radius 2 is 2.00 bits per heavy atom. The van der Waals surface area contributed by atoms with Crippen LogP contribution in [0.15, 0.2) is 36.7 Å². The van der Waals surface area contributed by atoms with Crippen LogP contribution in [0.2, 0.25) is 10.2 Å². The van der Waals surface area contributed by atoms with Gasteiger partial charge in [0.1, 0.15) is 11.0 Å². The van der Waals surface area contributed by atoms with Gasteiger partial charge in [-0.05, 0) is 30.2 Å². The number of carbonyl (C=O) groups is 1. The lowest BCUT2D eigenvalue weighted by atomic mass is 9.95. The van der Waals surface area contributed by atoms with Gasteiger partial charge in [0.05, 0.1) is 10.9 Å². The summed E-state index contributed by atoms with van der Waals surface area (Å²) in [5.74, 6) is 0.0838. The number of nitrogens with one attached hydrogen (secondary N) is 1. The van der Waals surface area contributed by atoms with Crippen molar-refractivity contribution < 1.29 is 4.79 Å². The average molecular weight is 324 g/mol. The molecule has 2 aromatic rings. The second-order valence-electron chi connectivity index (χ2n) is 4.61. The van der Waals surface area contributed by atoms with E-state index >= 15 is 0 Å². The lowest BCUT2D eigenvalue weighted by Crippen LogP contribution is -2.21. The van der Waals surface area contributed by atoms with Gasteiger partial charge in [-0.1, -0.05) is 42.6 Å². The molecule has 6 heteroatoms. The van der Waals surface area contributed by atoms with Crippen LogP contribution >= 0.6 is 23.2 Å². The van der Waals surface area contributed by atoms with E-state index in [9.17, 15) is 4.79 Å². The van der Waals surface area contributed by atoms with Crippen molar-refractivity contribution in [2.75, 3.05) is 5.32 Å². The Labute approximate surface area is 133 Å². The van der Waals surface area contributed by atoms with Crippen molar-refractivity contribution >= 4 is 34.9 Å². The van der Waals surface area contributed by atoms with Crippen molar-refractivity contribution in [3.8, 4) is 0 Å². The molecule has 110 valence electrons. The number of pyridine rings is 2. The Bertz CT molecular complexity index is 599. The number of nitrogens with zero attached hydrogens (tertiary/aromatic N) is 2. The molecular formula is C15H15Cl2N3O. The second kappa shape index (κ2) is 7.38. The topological polar surface area (TPSA) is 54.9 Å². The first kappa shape index (κ1) is 15.7. The summed E-state index contributed by atoms with van der Waals surface area (Å²) < 4.78 is 0. The van der Waals surface area contributed by atoms with Crippen LogP contribution in [0.3, 0.4) is 0 Å². The minimum Gasteiger partial charge on any atom is -0.310 e. The van der Waals surface area contributed by atoms with Gasteiger partial charge in [0.15, 0.2) is 0 Å². The van der Waals surface area contributed by atoms with E-state index < -0.39 is 0 Å². The molecule has 1 unspecified atom stereocenters. The molecule has 0 aromatic carbocycles. The molecular weight excluding hydrogens is 309 g/mol. The molecule has 0 aliphatic heterocycles. The molecule has 0 saturated heterocycles. The van der Waals surface area contributed by atoms with Crippen molar-refractivity contribution in [3.63, 3.8) is 0 Å². The normalized spacial score (nSPS) is 12.0. The molecule has 2 heterocycles. The third-order valence-electron chi connectivity index (χ3n) is 3.03. The summed E-state index contributed by atoms with van der Waals surface area (Å²) in [5.41, 5.74) is 0.840. The molecule has 4 nitrogen and oxygen atoms in total. The minimum atomic E-state index is -0.280. The standard InChI is InChI=1S/C15H15Cl2N3O/c1-2-3-12(10-4-6-13(17)18-8-10)15(21)20-14-7-5-11(16)9-19-14/h4-9,12H,2-3H2,1H3,(H,19,20,21). The Morgan fingerprint density at radius 1 is 1.19 bits per heavy atom. The molecule has 2 rings (SSSR count). The molecule has 0 bridgehead atoms. The number of anilines is 1. The summed E-state index contributed by atoms with van der Waals surface area (Å²) in [5, 5.41) is 3.74. The van der Waals surface area contributed by atoms with Crippen LogP contribution in [-0.4, -0.2) is 15.9 Å². The fourth-order valence-electron chi connectivity index (χ4n) is 1.99. The van der Waals surface area contributed by atoms with Crippen LogP contribution in [-0.2, 0) is 4.79 Å². The van der Waals surface area contributed by atoms with Crippen LogP contribution in [0, 0.1) is 0 Å². The molecule has 0 fully saturated rings. The summed E-state index contributed by atoms with van der Waals surface area (Å²) >= 11 is 11.6. The fourth-order valence-corrected chi connectivity index (χ4v) is 2.22. The van der Waals surface area contributed by atoms with Gasteiger partial charge in [-0.25, -0.2) is 9.97 Å². The lowest BCUT2D eigenvalue weighted by Gasteiger charge is -2.16. The number of hydrogen-bond acceptors (Lipinski definition) is 3. The Balaban J connectivity index is 2.15. The summed E-state index contributed by atoms with van der Waals surface area (Å²) in [4.78, 5) is 20.5. The second-order valence-corrected chi connectivity index (χ2v) is 5.43.